The van der Waals surface area contributed by atoms with Gasteiger partial charge in [-0.1, -0.05) is 0 Å². The second-order valence-corrected chi connectivity index (χ2v) is 64.9. The molecule has 0 aromatic heterocycles. The molecule has 0 aliphatic heterocycles. The molecule has 0 N–H and O–H groups in total. The number of halogens is 2. The second-order valence-electron chi connectivity index (χ2n) is 13.8. The van der Waals surface area contributed by atoms with Crippen LogP contribution in [-0.2, 0) is 14.1 Å². The molecule has 0 radical (unpaired) electrons. The van der Waals surface area contributed by atoms with Crippen LogP contribution in [-0.4, -0.2) is 5.92 Å². The molecule has 0 amide bonds. The Balaban J connectivity index is 1.67. The number of hydrogen-bond donors (Lipinski definition) is 0. The molecule has 0 fully saturated rings. The Kier molecular flexibility index (Phi) is 8.50. The molecule has 2 aliphatic carbocycles. The van der Waals surface area contributed by atoms with Gasteiger partial charge >= 0.3 is 273 Å². The van der Waals surface area contributed by atoms with Gasteiger partial charge in [0, 0.05) is 0 Å². The van der Waals surface area contributed by atoms with E-state index in [1.165, 1.54) is 47.8 Å². The van der Waals surface area contributed by atoms with Gasteiger partial charge in [0.05, 0.1) is 0 Å². The first-order chi connectivity index (χ1) is 21.1. The first-order valence-corrected chi connectivity index (χ1v) is 34.2. The molecule has 0 bridgehead atoms. The Morgan fingerprint density at radius 1 is 0.795 bits per heavy atom. The van der Waals surface area contributed by atoms with E-state index in [0.29, 0.717) is 5.92 Å². The minimum absolute atomic E-state index is 0.00436. The van der Waals surface area contributed by atoms with Gasteiger partial charge in [0.15, 0.2) is 0 Å². The first kappa shape index (κ1) is 32.0. The van der Waals surface area contributed by atoms with Gasteiger partial charge in [0.2, 0.25) is 0 Å². The van der Waals surface area contributed by atoms with Gasteiger partial charge in [0.1, 0.15) is 0 Å². The monoisotopic (exact) mass is 714 g/mol. The Hall–Kier alpha value is -1.96. The summed E-state index contributed by atoms with van der Waals surface area (Å²) in [7, 11) is 18.1. The molecular weight excluding hydrogens is 671 g/mol. The summed E-state index contributed by atoms with van der Waals surface area (Å²) in [5, 5.41) is 0. The molecule has 44 heavy (non-hydrogen) atoms. The minimum atomic E-state index is -5.75. The molecule has 4 aromatic rings. The zero-order valence-electron chi connectivity index (χ0n) is 26.9. The van der Waals surface area contributed by atoms with Gasteiger partial charge in [-0.05, 0) is 0 Å². The van der Waals surface area contributed by atoms with E-state index >= 15 is 0 Å². The van der Waals surface area contributed by atoms with Crippen molar-refractivity contribution < 1.29 is 14.1 Å². The van der Waals surface area contributed by atoms with Gasteiger partial charge in [-0.2, -0.15) is 0 Å². The van der Waals surface area contributed by atoms with Crippen LogP contribution in [0.2, 0.25) is 13.1 Å². The number of benzene rings is 4. The number of hydrogen-bond acceptors (Lipinski definition) is 0. The van der Waals surface area contributed by atoms with Crippen LogP contribution in [0.15, 0.2) is 109 Å². The van der Waals surface area contributed by atoms with Crippen molar-refractivity contribution in [1.29, 1.82) is 0 Å². The van der Waals surface area contributed by atoms with Crippen molar-refractivity contribution in [3.8, 4) is 11.1 Å². The molecule has 2 aliphatic rings. The van der Waals surface area contributed by atoms with Gasteiger partial charge in [-0.3, -0.25) is 0 Å². The van der Waals surface area contributed by atoms with Crippen molar-refractivity contribution in [2.75, 3.05) is 0 Å². The van der Waals surface area contributed by atoms with E-state index in [0.717, 1.165) is 25.7 Å². The molecule has 228 valence electrons. The fraction of sp³-hybridized carbons (Fsp3) is 0.300. The third-order valence-corrected chi connectivity index (χ3v) is 78.7. The standard InChI is InChI=1S/C23H27.C9H7.C6H5.C2H7Si.2ClH.Zr/c1-4-6-8-18-15-21-9-7-10-22(23(21)16-18)20-13-11-19(12-14-20)17(3)5-2;1-2-5-9-7-3-6-8(9)4-1;1-2-4-6-5-3-1;1-3-2;;;/h7,9-17H,4-6,8H2,1-3H3;1-7H;1-5H;3H,1-2H3;2*1H;/q;;;;;;+2/p-2. The first-order valence-electron chi connectivity index (χ1n) is 16.6. The van der Waals surface area contributed by atoms with Crippen LogP contribution in [0.3, 0.4) is 0 Å². The molecule has 0 spiro atoms. The molecule has 0 nitrogen and oxygen atoms in total. The van der Waals surface area contributed by atoms with Crippen LogP contribution in [0.1, 0.15) is 87.4 Å². The average molecular weight is 717 g/mol. The quantitative estimate of drug-likeness (QED) is 0.143. The molecule has 0 saturated heterocycles. The topological polar surface area (TPSA) is 0 Å². The summed E-state index contributed by atoms with van der Waals surface area (Å²) in [6.45, 7) is 11.8. The van der Waals surface area contributed by atoms with Crippen LogP contribution in [0, 0.1) is 0 Å². The molecule has 4 heteroatoms. The molecule has 0 heterocycles. The molecule has 3 unspecified atom stereocenters. The van der Waals surface area contributed by atoms with Crippen LogP contribution in [0.25, 0.3) is 23.3 Å². The summed E-state index contributed by atoms with van der Waals surface area (Å²) in [5.41, 5.74) is 10.6. The average Bonchev–Trinajstić information content (AvgIpc) is 3.67. The van der Waals surface area contributed by atoms with Gasteiger partial charge in [0.25, 0.3) is 0 Å². The van der Waals surface area contributed by atoms with Gasteiger partial charge < -0.3 is 0 Å². The molecule has 0 saturated carbocycles. The van der Waals surface area contributed by atoms with E-state index in [4.69, 9.17) is 17.0 Å². The summed E-state index contributed by atoms with van der Waals surface area (Å²) in [6, 6.07) is 36.0. The van der Waals surface area contributed by atoms with Crippen LogP contribution >= 0.6 is 17.0 Å². The number of unbranched alkanes of at least 4 members (excludes halogenated alkanes) is 1. The van der Waals surface area contributed by atoms with Gasteiger partial charge in [-0.25, -0.2) is 0 Å². The van der Waals surface area contributed by atoms with E-state index in [1.54, 1.807) is 0 Å². The van der Waals surface area contributed by atoms with Crippen LogP contribution < -0.4 is 3.27 Å². The summed E-state index contributed by atoms with van der Waals surface area (Å²) in [4.78, 5) is 0. The molecule has 4 aromatic carbocycles. The van der Waals surface area contributed by atoms with Crippen LogP contribution in [0.5, 0.6) is 0 Å². The third kappa shape index (κ3) is 4.53. The Labute approximate surface area is 270 Å². The number of allylic oxidation sites excluding steroid dienone is 2. The maximum atomic E-state index is 9.06. The summed E-state index contributed by atoms with van der Waals surface area (Å²) >= 11 is -5.75. The van der Waals surface area contributed by atoms with E-state index in [-0.39, 0.29) is 7.25 Å². The van der Waals surface area contributed by atoms with Crippen molar-refractivity contribution in [2.45, 2.75) is 72.7 Å². The van der Waals surface area contributed by atoms with Gasteiger partial charge in [-0.15, -0.1) is 0 Å². The van der Waals surface area contributed by atoms with E-state index in [2.05, 4.69) is 149 Å². The van der Waals surface area contributed by atoms with E-state index in [1.807, 2.05) is 0 Å². The molecule has 3 atom stereocenters. The van der Waals surface area contributed by atoms with Crippen molar-refractivity contribution in [1.82, 2.24) is 0 Å². The predicted molar refractivity (Wildman–Crippen MR) is 196 cm³/mol. The Morgan fingerprint density at radius 2 is 1.48 bits per heavy atom. The second kappa shape index (κ2) is 11.7. The predicted octanol–water partition coefficient (Wildman–Crippen LogP) is 12.1. The van der Waals surface area contributed by atoms with Crippen molar-refractivity contribution in [3.05, 3.63) is 137 Å². The number of fused-ring (bicyclic) bond motifs is 2. The van der Waals surface area contributed by atoms with E-state index in [9.17, 15) is 0 Å². The fourth-order valence-electron chi connectivity index (χ4n) is 8.62. The Bertz CT molecular complexity index is 1750. The summed E-state index contributed by atoms with van der Waals surface area (Å²) < 4.78 is 1.20. The zero-order chi connectivity index (χ0) is 31.2. The fourth-order valence-corrected chi connectivity index (χ4v) is 52.0. The van der Waals surface area contributed by atoms with Crippen molar-refractivity contribution in [3.63, 3.8) is 0 Å². The van der Waals surface area contributed by atoms with Crippen molar-refractivity contribution >= 4 is 38.4 Å². The zero-order valence-corrected chi connectivity index (χ0v) is 32.0. The van der Waals surface area contributed by atoms with E-state index < -0.39 is 20.0 Å². The third-order valence-electron chi connectivity index (χ3n) is 11.5. The number of rotatable bonds is 10. The SMILES string of the molecule is CCCCC1=Cc2c(-c3ccc(C(C)CC)cc3)cccc2[CH]1[Zr]([Cl])([Cl])([c]1ccccc1)([CH]1C=Cc2ccccc21)[SiH](C)C. The van der Waals surface area contributed by atoms with Crippen molar-refractivity contribution in [2.24, 2.45) is 0 Å². The summed E-state index contributed by atoms with van der Waals surface area (Å²) in [5.74, 6) is -1.29. The molecular formula is C40H46Cl2SiZr. The van der Waals surface area contributed by atoms with Crippen LogP contribution in [0.4, 0.5) is 0 Å². The normalized spacial score (nSPS) is 19.7. The molecule has 6 rings (SSSR count). The summed E-state index contributed by atoms with van der Waals surface area (Å²) in [6.07, 6.45) is 11.6. The maximum absolute atomic E-state index is 9.06. The Morgan fingerprint density at radius 3 is 2.16 bits per heavy atom.